The maximum atomic E-state index is 4.56. The Labute approximate surface area is 111 Å². The summed E-state index contributed by atoms with van der Waals surface area (Å²) in [5, 5.41) is 13.4. The number of para-hydroxylation sites is 1. The van der Waals surface area contributed by atoms with Crippen LogP contribution in [0.15, 0.2) is 42.7 Å². The molecule has 3 aromatic rings. The lowest BCUT2D eigenvalue weighted by Gasteiger charge is -2.03. The third-order valence-electron chi connectivity index (χ3n) is 3.20. The van der Waals surface area contributed by atoms with Crippen LogP contribution in [0.1, 0.15) is 5.69 Å². The fraction of sp³-hybridized carbons (Fsp3) is 0.286. The van der Waals surface area contributed by atoms with Crippen LogP contribution in [0, 0.1) is 0 Å². The normalized spacial score (nSPS) is 11.2. The summed E-state index contributed by atoms with van der Waals surface area (Å²) >= 11 is 0. The first kappa shape index (κ1) is 11.9. The van der Waals surface area contributed by atoms with Crippen molar-refractivity contribution in [3.8, 4) is 0 Å². The Morgan fingerprint density at radius 1 is 1.21 bits per heavy atom. The van der Waals surface area contributed by atoms with E-state index in [0.29, 0.717) is 0 Å². The number of fused-ring (bicyclic) bond motifs is 1. The standard InChI is InChI=1S/C14H17N5/c1-18-14-6-3-2-5-12(14)13(17-18)11-15-8-10-19-9-4-7-16-19/h2-7,9,15H,8,10-11H2,1H3. The Bertz CT molecular complexity index is 654. The molecule has 19 heavy (non-hydrogen) atoms. The molecule has 2 heterocycles. The minimum absolute atomic E-state index is 0.780. The minimum Gasteiger partial charge on any atom is -0.309 e. The third kappa shape index (κ3) is 2.51. The molecule has 1 aromatic carbocycles. The Morgan fingerprint density at radius 2 is 2.11 bits per heavy atom. The van der Waals surface area contributed by atoms with Gasteiger partial charge in [-0.25, -0.2) is 0 Å². The molecule has 0 aliphatic rings. The van der Waals surface area contributed by atoms with Crippen LogP contribution in [0.4, 0.5) is 0 Å². The van der Waals surface area contributed by atoms with Gasteiger partial charge in [0.1, 0.15) is 0 Å². The first-order valence-corrected chi connectivity index (χ1v) is 6.43. The molecule has 0 bridgehead atoms. The number of nitrogens with one attached hydrogen (secondary N) is 1. The van der Waals surface area contributed by atoms with E-state index in [9.17, 15) is 0 Å². The van der Waals surface area contributed by atoms with E-state index >= 15 is 0 Å². The highest BCUT2D eigenvalue weighted by atomic mass is 15.3. The van der Waals surface area contributed by atoms with Crippen molar-refractivity contribution in [3.05, 3.63) is 48.4 Å². The predicted octanol–water partition coefficient (Wildman–Crippen LogP) is 1.56. The summed E-state index contributed by atoms with van der Waals surface area (Å²) in [7, 11) is 1.98. The van der Waals surface area contributed by atoms with Gasteiger partial charge in [-0.3, -0.25) is 9.36 Å². The van der Waals surface area contributed by atoms with Crippen molar-refractivity contribution in [2.24, 2.45) is 7.05 Å². The summed E-state index contributed by atoms with van der Waals surface area (Å²) in [5.41, 5.74) is 2.27. The van der Waals surface area contributed by atoms with Crippen molar-refractivity contribution in [3.63, 3.8) is 0 Å². The van der Waals surface area contributed by atoms with Crippen LogP contribution >= 0.6 is 0 Å². The highest BCUT2D eigenvalue weighted by Crippen LogP contribution is 2.16. The number of benzene rings is 1. The van der Waals surface area contributed by atoms with Crippen molar-refractivity contribution in [2.45, 2.75) is 13.1 Å². The van der Waals surface area contributed by atoms with Crippen LogP contribution in [0.2, 0.25) is 0 Å². The van der Waals surface area contributed by atoms with Gasteiger partial charge in [0.05, 0.1) is 17.8 Å². The third-order valence-corrected chi connectivity index (χ3v) is 3.20. The molecule has 98 valence electrons. The minimum atomic E-state index is 0.780. The van der Waals surface area contributed by atoms with Crippen LogP contribution in [-0.4, -0.2) is 26.1 Å². The molecule has 5 nitrogen and oxygen atoms in total. The second-order valence-corrected chi connectivity index (χ2v) is 4.53. The zero-order chi connectivity index (χ0) is 13.1. The van der Waals surface area contributed by atoms with Crippen molar-refractivity contribution in [1.82, 2.24) is 24.9 Å². The Hall–Kier alpha value is -2.14. The fourth-order valence-electron chi connectivity index (χ4n) is 2.25. The molecule has 0 saturated heterocycles. The van der Waals surface area contributed by atoms with Gasteiger partial charge < -0.3 is 5.32 Å². The second-order valence-electron chi connectivity index (χ2n) is 4.53. The predicted molar refractivity (Wildman–Crippen MR) is 74.6 cm³/mol. The average Bonchev–Trinajstić information content (AvgIpc) is 3.04. The molecule has 0 spiro atoms. The molecule has 0 saturated carbocycles. The Morgan fingerprint density at radius 3 is 2.95 bits per heavy atom. The van der Waals surface area contributed by atoms with Crippen molar-refractivity contribution in [1.29, 1.82) is 0 Å². The highest BCUT2D eigenvalue weighted by molar-refractivity contribution is 5.81. The lowest BCUT2D eigenvalue weighted by molar-refractivity contribution is 0.550. The fourth-order valence-corrected chi connectivity index (χ4v) is 2.25. The van der Waals surface area contributed by atoms with E-state index < -0.39 is 0 Å². The molecular formula is C14H17N5. The molecule has 0 fully saturated rings. The van der Waals surface area contributed by atoms with E-state index in [0.717, 1.165) is 25.3 Å². The zero-order valence-electron chi connectivity index (χ0n) is 11.0. The summed E-state index contributed by atoms with van der Waals surface area (Å²) in [5.74, 6) is 0. The average molecular weight is 255 g/mol. The van der Waals surface area contributed by atoms with E-state index in [1.54, 1.807) is 6.20 Å². The number of rotatable bonds is 5. The second kappa shape index (κ2) is 5.24. The molecule has 0 aliphatic heterocycles. The summed E-state index contributed by atoms with van der Waals surface area (Å²) in [6, 6.07) is 10.2. The van der Waals surface area contributed by atoms with Gasteiger partial charge in [-0.15, -0.1) is 0 Å². The SMILES string of the molecule is Cn1nc(CNCCn2cccn2)c2ccccc21. The number of nitrogens with zero attached hydrogens (tertiary/aromatic N) is 4. The van der Waals surface area contributed by atoms with Crippen LogP contribution < -0.4 is 5.32 Å². The van der Waals surface area contributed by atoms with Gasteiger partial charge in [0, 0.05) is 37.9 Å². The smallest absolute Gasteiger partial charge is 0.0841 e. The van der Waals surface area contributed by atoms with E-state index in [1.807, 2.05) is 34.7 Å². The van der Waals surface area contributed by atoms with E-state index in [2.05, 4.69) is 33.7 Å². The molecule has 5 heteroatoms. The van der Waals surface area contributed by atoms with Crippen molar-refractivity contribution < 1.29 is 0 Å². The van der Waals surface area contributed by atoms with Crippen LogP contribution in [0.5, 0.6) is 0 Å². The van der Waals surface area contributed by atoms with Gasteiger partial charge in [-0.05, 0) is 12.1 Å². The van der Waals surface area contributed by atoms with Gasteiger partial charge >= 0.3 is 0 Å². The van der Waals surface area contributed by atoms with Crippen molar-refractivity contribution >= 4 is 10.9 Å². The number of hydrogen-bond donors (Lipinski definition) is 1. The van der Waals surface area contributed by atoms with Crippen LogP contribution in [0.3, 0.4) is 0 Å². The first-order valence-electron chi connectivity index (χ1n) is 6.43. The molecule has 0 atom stereocenters. The lowest BCUT2D eigenvalue weighted by atomic mass is 10.2. The molecule has 0 unspecified atom stereocenters. The number of aryl methyl sites for hydroxylation is 1. The Balaban J connectivity index is 1.62. The molecule has 0 aliphatic carbocycles. The Kier molecular flexibility index (Phi) is 3.29. The molecule has 2 aromatic heterocycles. The van der Waals surface area contributed by atoms with Gasteiger partial charge in [0.15, 0.2) is 0 Å². The molecule has 0 radical (unpaired) electrons. The quantitative estimate of drug-likeness (QED) is 0.704. The topological polar surface area (TPSA) is 47.7 Å². The van der Waals surface area contributed by atoms with Gasteiger partial charge in [0.25, 0.3) is 0 Å². The largest absolute Gasteiger partial charge is 0.309 e. The van der Waals surface area contributed by atoms with Gasteiger partial charge in [-0.1, -0.05) is 18.2 Å². The van der Waals surface area contributed by atoms with Crippen LogP contribution in [-0.2, 0) is 20.1 Å². The van der Waals surface area contributed by atoms with E-state index in [4.69, 9.17) is 0 Å². The number of hydrogen-bond acceptors (Lipinski definition) is 3. The molecular weight excluding hydrogens is 238 g/mol. The van der Waals surface area contributed by atoms with E-state index in [1.165, 1.54) is 10.9 Å². The van der Waals surface area contributed by atoms with Crippen LogP contribution in [0.25, 0.3) is 10.9 Å². The summed E-state index contributed by atoms with van der Waals surface area (Å²) < 4.78 is 3.85. The highest BCUT2D eigenvalue weighted by Gasteiger charge is 2.06. The zero-order valence-corrected chi connectivity index (χ0v) is 11.0. The maximum absolute atomic E-state index is 4.56. The molecule has 0 amide bonds. The maximum Gasteiger partial charge on any atom is 0.0841 e. The summed E-state index contributed by atoms with van der Waals surface area (Å²) in [4.78, 5) is 0. The van der Waals surface area contributed by atoms with E-state index in [-0.39, 0.29) is 0 Å². The van der Waals surface area contributed by atoms with Gasteiger partial charge in [-0.2, -0.15) is 10.2 Å². The van der Waals surface area contributed by atoms with Gasteiger partial charge in [0.2, 0.25) is 0 Å². The number of aromatic nitrogens is 4. The molecule has 3 rings (SSSR count). The molecule has 1 N–H and O–H groups in total. The summed E-state index contributed by atoms with van der Waals surface area (Å²) in [6.45, 7) is 2.53. The monoisotopic (exact) mass is 255 g/mol. The lowest BCUT2D eigenvalue weighted by Crippen LogP contribution is -2.20. The summed E-state index contributed by atoms with van der Waals surface area (Å²) in [6.07, 6.45) is 3.77. The first-order chi connectivity index (χ1) is 9.34. The van der Waals surface area contributed by atoms with Crippen molar-refractivity contribution in [2.75, 3.05) is 6.54 Å².